The minimum atomic E-state index is -4.47. The average Bonchev–Trinajstić information content (AvgIpc) is 2.38. The van der Waals surface area contributed by atoms with Gasteiger partial charge in [-0.3, -0.25) is 0 Å². The summed E-state index contributed by atoms with van der Waals surface area (Å²) in [5, 5.41) is 8.65. The molecule has 0 atom stereocenters. The molecule has 0 saturated heterocycles. The van der Waals surface area contributed by atoms with E-state index < -0.39 is 11.7 Å². The molecule has 96 valence electrons. The minimum Gasteiger partial charge on any atom is -0.243 e. The number of aromatic nitrogens is 1. The largest absolute Gasteiger partial charge is 0.417 e. The number of halogens is 4. The Balaban J connectivity index is 2.52. The predicted octanol–water partition coefficient (Wildman–Crippen LogP) is 4.29. The predicted molar refractivity (Wildman–Crippen MR) is 64.4 cm³/mol. The summed E-state index contributed by atoms with van der Waals surface area (Å²) in [6.07, 6.45) is -3.78. The number of hydrogen-bond acceptors (Lipinski definition) is 2. The fourth-order valence-corrected chi connectivity index (χ4v) is 1.74. The van der Waals surface area contributed by atoms with Crippen molar-refractivity contribution in [3.8, 4) is 17.2 Å². The van der Waals surface area contributed by atoms with Crippen LogP contribution in [0.3, 0.4) is 0 Å². The molecule has 1 heterocycles. The molecule has 0 spiro atoms. The maximum Gasteiger partial charge on any atom is 0.417 e. The van der Waals surface area contributed by atoms with Gasteiger partial charge in [0, 0.05) is 11.8 Å². The standard InChI is InChI=1S/C13H6ClF3N2/c14-12-11(5-10(7-19-12)13(15,16)17)9-3-1-8(6-18)2-4-9/h1-5,7H. The molecular weight excluding hydrogens is 277 g/mol. The molecule has 0 aliphatic rings. The van der Waals surface area contributed by atoms with E-state index in [0.29, 0.717) is 17.3 Å². The molecule has 0 aliphatic heterocycles. The first-order valence-electron chi connectivity index (χ1n) is 5.15. The Labute approximate surface area is 112 Å². The second-order valence-electron chi connectivity index (χ2n) is 3.75. The van der Waals surface area contributed by atoms with Gasteiger partial charge in [0.15, 0.2) is 0 Å². The fourth-order valence-electron chi connectivity index (χ4n) is 1.53. The second-order valence-corrected chi connectivity index (χ2v) is 4.11. The van der Waals surface area contributed by atoms with Crippen molar-refractivity contribution in [3.05, 3.63) is 52.8 Å². The van der Waals surface area contributed by atoms with Crippen LogP contribution in [-0.4, -0.2) is 4.98 Å². The zero-order valence-corrected chi connectivity index (χ0v) is 10.1. The number of pyridine rings is 1. The highest BCUT2D eigenvalue weighted by Gasteiger charge is 2.31. The van der Waals surface area contributed by atoms with Crippen molar-refractivity contribution in [1.29, 1.82) is 5.26 Å². The molecule has 0 aliphatic carbocycles. The second kappa shape index (κ2) is 4.90. The van der Waals surface area contributed by atoms with Gasteiger partial charge >= 0.3 is 6.18 Å². The third kappa shape index (κ3) is 2.85. The summed E-state index contributed by atoms with van der Waals surface area (Å²) in [6, 6.07) is 8.94. The minimum absolute atomic E-state index is 0.0160. The van der Waals surface area contributed by atoms with Crippen molar-refractivity contribution >= 4 is 11.6 Å². The Morgan fingerprint density at radius 1 is 1.16 bits per heavy atom. The van der Waals surface area contributed by atoms with Gasteiger partial charge in [0.1, 0.15) is 5.15 Å². The van der Waals surface area contributed by atoms with E-state index in [1.165, 1.54) is 24.3 Å². The molecule has 2 rings (SSSR count). The lowest BCUT2D eigenvalue weighted by Crippen LogP contribution is -2.05. The summed E-state index contributed by atoms with van der Waals surface area (Å²) in [7, 11) is 0. The van der Waals surface area contributed by atoms with Crippen LogP contribution in [0, 0.1) is 11.3 Å². The Morgan fingerprint density at radius 3 is 2.32 bits per heavy atom. The number of nitriles is 1. The van der Waals surface area contributed by atoms with Crippen LogP contribution in [0.5, 0.6) is 0 Å². The molecule has 19 heavy (non-hydrogen) atoms. The molecule has 1 aromatic heterocycles. The van der Waals surface area contributed by atoms with Crippen molar-refractivity contribution in [1.82, 2.24) is 4.98 Å². The van der Waals surface area contributed by atoms with E-state index in [-0.39, 0.29) is 10.7 Å². The lowest BCUT2D eigenvalue weighted by Gasteiger charge is -2.09. The molecule has 2 nitrogen and oxygen atoms in total. The molecule has 0 amide bonds. The van der Waals surface area contributed by atoms with Crippen LogP contribution in [0.1, 0.15) is 11.1 Å². The lowest BCUT2D eigenvalue weighted by molar-refractivity contribution is -0.137. The SMILES string of the molecule is N#Cc1ccc(-c2cc(C(F)(F)F)cnc2Cl)cc1. The van der Waals surface area contributed by atoms with Gasteiger partial charge in [-0.25, -0.2) is 4.98 Å². The van der Waals surface area contributed by atoms with E-state index in [4.69, 9.17) is 16.9 Å². The zero-order valence-electron chi connectivity index (χ0n) is 9.37. The quantitative estimate of drug-likeness (QED) is 0.732. The Bertz CT molecular complexity index is 642. The molecule has 0 radical (unpaired) electrons. The van der Waals surface area contributed by atoms with Gasteiger partial charge in [-0.1, -0.05) is 23.7 Å². The number of alkyl halides is 3. The van der Waals surface area contributed by atoms with Crippen molar-refractivity contribution in [3.63, 3.8) is 0 Å². The smallest absolute Gasteiger partial charge is 0.243 e. The van der Waals surface area contributed by atoms with E-state index in [1.807, 2.05) is 6.07 Å². The van der Waals surface area contributed by atoms with Crippen LogP contribution in [0.4, 0.5) is 13.2 Å². The number of benzene rings is 1. The topological polar surface area (TPSA) is 36.7 Å². The Hall–Kier alpha value is -2.06. The molecule has 0 fully saturated rings. The van der Waals surface area contributed by atoms with Gasteiger partial charge < -0.3 is 0 Å². The molecule has 2 aromatic rings. The monoisotopic (exact) mass is 282 g/mol. The van der Waals surface area contributed by atoms with Crippen molar-refractivity contribution in [2.45, 2.75) is 6.18 Å². The van der Waals surface area contributed by atoms with Gasteiger partial charge in [-0.15, -0.1) is 0 Å². The van der Waals surface area contributed by atoms with Crippen molar-refractivity contribution < 1.29 is 13.2 Å². The van der Waals surface area contributed by atoms with Crippen LogP contribution in [0.25, 0.3) is 11.1 Å². The van der Waals surface area contributed by atoms with Crippen LogP contribution < -0.4 is 0 Å². The third-order valence-corrected chi connectivity index (χ3v) is 2.79. The summed E-state index contributed by atoms with van der Waals surface area (Å²) in [5.41, 5.74) is 0.208. The third-order valence-electron chi connectivity index (χ3n) is 2.49. The summed E-state index contributed by atoms with van der Waals surface area (Å²) < 4.78 is 37.8. The summed E-state index contributed by atoms with van der Waals surface area (Å²) in [6.45, 7) is 0. The first-order valence-corrected chi connectivity index (χ1v) is 5.53. The van der Waals surface area contributed by atoms with Crippen LogP contribution in [0.2, 0.25) is 5.15 Å². The summed E-state index contributed by atoms with van der Waals surface area (Å²) >= 11 is 5.81. The number of rotatable bonds is 1. The highest BCUT2D eigenvalue weighted by Crippen LogP contribution is 2.34. The molecular formula is C13H6ClF3N2. The maximum atomic E-state index is 12.6. The Morgan fingerprint density at radius 2 is 1.79 bits per heavy atom. The molecule has 0 unspecified atom stereocenters. The zero-order chi connectivity index (χ0) is 14.0. The Kier molecular flexibility index (Phi) is 3.45. The molecule has 0 N–H and O–H groups in total. The van der Waals surface area contributed by atoms with E-state index in [1.54, 1.807) is 0 Å². The van der Waals surface area contributed by atoms with Crippen molar-refractivity contribution in [2.24, 2.45) is 0 Å². The number of nitrogens with zero attached hydrogens (tertiary/aromatic N) is 2. The molecule has 6 heteroatoms. The van der Waals surface area contributed by atoms with Gasteiger partial charge in [0.05, 0.1) is 17.2 Å². The fraction of sp³-hybridized carbons (Fsp3) is 0.0769. The molecule has 0 bridgehead atoms. The van der Waals surface area contributed by atoms with E-state index in [0.717, 1.165) is 6.07 Å². The summed E-state index contributed by atoms with van der Waals surface area (Å²) in [5.74, 6) is 0. The average molecular weight is 283 g/mol. The first-order chi connectivity index (χ1) is 8.91. The van der Waals surface area contributed by atoms with Gasteiger partial charge in [-0.05, 0) is 23.8 Å². The summed E-state index contributed by atoms with van der Waals surface area (Å²) in [4.78, 5) is 3.54. The highest BCUT2D eigenvalue weighted by atomic mass is 35.5. The van der Waals surface area contributed by atoms with Crippen molar-refractivity contribution in [2.75, 3.05) is 0 Å². The van der Waals surface area contributed by atoms with E-state index >= 15 is 0 Å². The molecule has 1 aromatic carbocycles. The van der Waals surface area contributed by atoms with Gasteiger partial charge in [0.2, 0.25) is 0 Å². The van der Waals surface area contributed by atoms with Crippen LogP contribution in [0.15, 0.2) is 36.5 Å². The van der Waals surface area contributed by atoms with Crippen LogP contribution in [-0.2, 0) is 6.18 Å². The maximum absolute atomic E-state index is 12.6. The first kappa shape index (κ1) is 13.4. The normalized spacial score (nSPS) is 11.1. The lowest BCUT2D eigenvalue weighted by atomic mass is 10.0. The molecule has 0 saturated carbocycles. The van der Waals surface area contributed by atoms with E-state index in [9.17, 15) is 13.2 Å². The highest BCUT2D eigenvalue weighted by molar-refractivity contribution is 6.32. The van der Waals surface area contributed by atoms with Gasteiger partial charge in [0.25, 0.3) is 0 Å². The van der Waals surface area contributed by atoms with Crippen LogP contribution >= 0.6 is 11.6 Å². The van der Waals surface area contributed by atoms with E-state index in [2.05, 4.69) is 4.98 Å². The number of hydrogen-bond donors (Lipinski definition) is 0. The van der Waals surface area contributed by atoms with Gasteiger partial charge in [-0.2, -0.15) is 18.4 Å².